The van der Waals surface area contributed by atoms with Crippen molar-refractivity contribution in [1.82, 2.24) is 5.32 Å². The fraction of sp³-hybridized carbons (Fsp3) is 0.714. The predicted octanol–water partition coefficient (Wildman–Crippen LogP) is 2.20. The molecule has 0 saturated carbocycles. The minimum absolute atomic E-state index is 0.318. The normalized spacial score (nSPS) is 14.5. The first-order valence-corrected chi connectivity index (χ1v) is 7.76. The number of hydrogen-bond donors (Lipinski definition) is 2. The van der Waals surface area contributed by atoms with Gasteiger partial charge >= 0.3 is 0 Å². The Morgan fingerprint density at radius 1 is 1.32 bits per heavy atom. The number of aliphatic hydroxyl groups is 1. The first-order valence-electron chi connectivity index (χ1n) is 6.88. The molecule has 0 spiro atoms. The fourth-order valence-electron chi connectivity index (χ4n) is 1.75. The van der Waals surface area contributed by atoms with Crippen LogP contribution in [0.15, 0.2) is 17.5 Å². The van der Waals surface area contributed by atoms with Gasteiger partial charge in [0.1, 0.15) is 0 Å². The predicted molar refractivity (Wildman–Crippen MR) is 78.7 cm³/mol. The molecule has 0 radical (unpaired) electrons. The first kappa shape index (κ1) is 16.6. The van der Waals surface area contributed by atoms with Crippen LogP contribution in [0.1, 0.15) is 31.2 Å². The van der Waals surface area contributed by atoms with Gasteiger partial charge in [-0.15, -0.1) is 11.3 Å². The van der Waals surface area contributed by atoms with E-state index in [4.69, 9.17) is 9.47 Å². The van der Waals surface area contributed by atoms with Crippen LogP contribution in [0.5, 0.6) is 0 Å². The summed E-state index contributed by atoms with van der Waals surface area (Å²) >= 11 is 1.74. The Hall–Kier alpha value is -0.460. The third-order valence-electron chi connectivity index (χ3n) is 2.78. The number of thiophene rings is 1. The quantitative estimate of drug-likeness (QED) is 0.613. The summed E-state index contributed by atoms with van der Waals surface area (Å²) in [6, 6.07) is 4.49. The zero-order chi connectivity index (χ0) is 13.9. The maximum Gasteiger partial charge on any atom is 0.0897 e. The lowest BCUT2D eigenvalue weighted by atomic mass is 10.2. The molecule has 2 atom stereocenters. The third-order valence-corrected chi connectivity index (χ3v) is 3.77. The highest BCUT2D eigenvalue weighted by atomic mass is 32.1. The standard InChI is InChI=1S/C14H25NO3S/c1-3-13(14-6-5-9-19-14)15-10-12(16)11-18-8-7-17-4-2/h5-6,9,12-13,15-16H,3-4,7-8,10-11H2,1-2H3. The molecule has 0 aliphatic heterocycles. The van der Waals surface area contributed by atoms with Gasteiger partial charge in [-0.1, -0.05) is 13.0 Å². The molecule has 0 aliphatic carbocycles. The largest absolute Gasteiger partial charge is 0.389 e. The molecule has 1 rings (SSSR count). The summed E-state index contributed by atoms with van der Waals surface area (Å²) < 4.78 is 10.5. The van der Waals surface area contributed by atoms with Gasteiger partial charge in [0.2, 0.25) is 0 Å². The highest BCUT2D eigenvalue weighted by Gasteiger charge is 2.12. The van der Waals surface area contributed by atoms with Crippen molar-refractivity contribution < 1.29 is 14.6 Å². The highest BCUT2D eigenvalue weighted by molar-refractivity contribution is 7.10. The average Bonchev–Trinajstić information content (AvgIpc) is 2.93. The molecule has 0 bridgehead atoms. The smallest absolute Gasteiger partial charge is 0.0897 e. The van der Waals surface area contributed by atoms with Crippen LogP contribution in [0, 0.1) is 0 Å². The van der Waals surface area contributed by atoms with E-state index in [1.165, 1.54) is 4.88 Å². The zero-order valence-corrected chi connectivity index (χ0v) is 12.6. The molecule has 5 heteroatoms. The second-order valence-corrected chi connectivity index (χ2v) is 5.29. The van der Waals surface area contributed by atoms with E-state index in [1.807, 2.05) is 6.92 Å². The van der Waals surface area contributed by atoms with E-state index in [-0.39, 0.29) is 0 Å². The summed E-state index contributed by atoms with van der Waals surface area (Å²) in [5.41, 5.74) is 0. The van der Waals surface area contributed by atoms with Crippen molar-refractivity contribution in [2.24, 2.45) is 0 Å². The average molecular weight is 287 g/mol. The van der Waals surface area contributed by atoms with Gasteiger partial charge in [0.15, 0.2) is 0 Å². The van der Waals surface area contributed by atoms with Crippen LogP contribution in [0.4, 0.5) is 0 Å². The molecule has 0 fully saturated rings. The van der Waals surface area contributed by atoms with E-state index in [2.05, 4.69) is 29.8 Å². The Labute approximate surface area is 119 Å². The molecule has 0 aliphatic rings. The lowest BCUT2D eigenvalue weighted by molar-refractivity contribution is 0.00570. The van der Waals surface area contributed by atoms with Crippen LogP contribution in [0.25, 0.3) is 0 Å². The summed E-state index contributed by atoms with van der Waals surface area (Å²) in [7, 11) is 0. The highest BCUT2D eigenvalue weighted by Crippen LogP contribution is 2.21. The Kier molecular flexibility index (Phi) is 9.03. The molecule has 4 nitrogen and oxygen atoms in total. The maximum atomic E-state index is 9.82. The second kappa shape index (κ2) is 10.3. The molecule has 19 heavy (non-hydrogen) atoms. The minimum Gasteiger partial charge on any atom is -0.389 e. The van der Waals surface area contributed by atoms with Crippen molar-refractivity contribution in [3.8, 4) is 0 Å². The first-order chi connectivity index (χ1) is 9.27. The van der Waals surface area contributed by atoms with Crippen LogP contribution >= 0.6 is 11.3 Å². The number of hydrogen-bond acceptors (Lipinski definition) is 5. The maximum absolute atomic E-state index is 9.82. The minimum atomic E-state index is -0.476. The van der Waals surface area contributed by atoms with E-state index in [0.717, 1.165) is 6.42 Å². The van der Waals surface area contributed by atoms with Crippen LogP contribution < -0.4 is 5.32 Å². The van der Waals surface area contributed by atoms with Crippen LogP contribution in [0.2, 0.25) is 0 Å². The van der Waals surface area contributed by atoms with Crippen molar-refractivity contribution in [1.29, 1.82) is 0 Å². The molecular formula is C14H25NO3S. The lowest BCUT2D eigenvalue weighted by Gasteiger charge is -2.18. The van der Waals surface area contributed by atoms with Crippen molar-refractivity contribution in [3.05, 3.63) is 22.4 Å². The van der Waals surface area contributed by atoms with E-state index >= 15 is 0 Å². The monoisotopic (exact) mass is 287 g/mol. The van der Waals surface area contributed by atoms with Crippen molar-refractivity contribution >= 4 is 11.3 Å². The molecule has 2 unspecified atom stereocenters. The van der Waals surface area contributed by atoms with E-state index in [0.29, 0.717) is 39.0 Å². The molecule has 2 N–H and O–H groups in total. The Bertz CT molecular complexity index is 306. The van der Waals surface area contributed by atoms with Crippen LogP contribution in [-0.4, -0.2) is 44.2 Å². The van der Waals surface area contributed by atoms with Crippen molar-refractivity contribution in [3.63, 3.8) is 0 Å². The summed E-state index contributed by atoms with van der Waals surface area (Å²) in [4.78, 5) is 1.31. The molecule has 1 aromatic rings. The van der Waals surface area contributed by atoms with Crippen molar-refractivity contribution in [2.45, 2.75) is 32.4 Å². The van der Waals surface area contributed by atoms with Gasteiger partial charge < -0.3 is 19.9 Å². The fourth-order valence-corrected chi connectivity index (χ4v) is 2.64. The summed E-state index contributed by atoms with van der Waals surface area (Å²) in [5.74, 6) is 0. The molecular weight excluding hydrogens is 262 g/mol. The Balaban J connectivity index is 2.13. The van der Waals surface area contributed by atoms with Gasteiger partial charge in [-0.2, -0.15) is 0 Å². The molecule has 0 amide bonds. The molecule has 110 valence electrons. The Morgan fingerprint density at radius 2 is 2.11 bits per heavy atom. The number of aliphatic hydroxyl groups excluding tert-OH is 1. The molecule has 1 aromatic heterocycles. The number of rotatable bonds is 11. The van der Waals surface area contributed by atoms with E-state index in [1.54, 1.807) is 11.3 Å². The van der Waals surface area contributed by atoms with Gasteiger partial charge in [-0.25, -0.2) is 0 Å². The van der Waals surface area contributed by atoms with Crippen molar-refractivity contribution in [2.75, 3.05) is 33.0 Å². The number of ether oxygens (including phenoxy) is 2. The molecule has 0 saturated heterocycles. The summed E-state index contributed by atoms with van der Waals surface area (Å²) in [5, 5.41) is 15.3. The molecule has 1 heterocycles. The van der Waals surface area contributed by atoms with Gasteiger partial charge in [-0.05, 0) is 24.8 Å². The van der Waals surface area contributed by atoms with Crippen LogP contribution in [0.3, 0.4) is 0 Å². The van der Waals surface area contributed by atoms with Gasteiger partial charge in [0.25, 0.3) is 0 Å². The SMILES string of the molecule is CCOCCOCC(O)CNC(CC)c1cccs1. The lowest BCUT2D eigenvalue weighted by Crippen LogP contribution is -2.33. The van der Waals surface area contributed by atoms with E-state index in [9.17, 15) is 5.11 Å². The second-order valence-electron chi connectivity index (χ2n) is 4.31. The van der Waals surface area contributed by atoms with Gasteiger partial charge in [0, 0.05) is 24.1 Å². The van der Waals surface area contributed by atoms with E-state index < -0.39 is 6.10 Å². The Morgan fingerprint density at radius 3 is 2.74 bits per heavy atom. The van der Waals surface area contributed by atoms with Gasteiger partial charge in [-0.3, -0.25) is 0 Å². The molecule has 0 aromatic carbocycles. The van der Waals surface area contributed by atoms with Gasteiger partial charge in [0.05, 0.1) is 25.9 Å². The summed E-state index contributed by atoms with van der Waals surface area (Å²) in [6.45, 7) is 6.81. The zero-order valence-electron chi connectivity index (χ0n) is 11.8. The third kappa shape index (κ3) is 7.03. The topological polar surface area (TPSA) is 50.7 Å². The summed E-state index contributed by atoms with van der Waals surface area (Å²) in [6.07, 6.45) is 0.536. The number of nitrogens with one attached hydrogen (secondary N) is 1. The van der Waals surface area contributed by atoms with Crippen LogP contribution in [-0.2, 0) is 9.47 Å².